The summed E-state index contributed by atoms with van der Waals surface area (Å²) in [4.78, 5) is 67.8. The van der Waals surface area contributed by atoms with Gasteiger partial charge in [0.2, 0.25) is 17.7 Å². The largest absolute Gasteiger partial charge is 0.460 e. The maximum atomic E-state index is 13.8. The molecular weight excluding hydrogens is 550 g/mol. The zero-order valence-electron chi connectivity index (χ0n) is 26.0. The van der Waals surface area contributed by atoms with Gasteiger partial charge in [-0.15, -0.1) is 0 Å². The number of rotatable bonds is 15. The molecule has 3 atom stereocenters. The van der Waals surface area contributed by atoms with Gasteiger partial charge in [-0.25, -0.2) is 4.79 Å². The number of esters is 1. The molecule has 0 radical (unpaired) electrons. The lowest BCUT2D eigenvalue weighted by atomic mass is 9.84. The van der Waals surface area contributed by atoms with Crippen molar-refractivity contribution in [1.29, 1.82) is 0 Å². The average molecular weight is 600 g/mol. The Hall–Kier alpha value is -3.27. The van der Waals surface area contributed by atoms with Gasteiger partial charge in [0.15, 0.2) is 0 Å². The number of ketones is 1. The van der Waals surface area contributed by atoms with Crippen LogP contribution in [0.2, 0.25) is 0 Å². The van der Waals surface area contributed by atoms with Crippen LogP contribution in [0, 0.1) is 17.8 Å². The lowest BCUT2D eigenvalue weighted by Gasteiger charge is -2.30. The third kappa shape index (κ3) is 11.4. The highest BCUT2D eigenvalue weighted by Crippen LogP contribution is 2.28. The van der Waals surface area contributed by atoms with E-state index < -0.39 is 41.6 Å². The highest BCUT2D eigenvalue weighted by Gasteiger charge is 2.35. The molecule has 1 aliphatic heterocycles. The highest BCUT2D eigenvalue weighted by atomic mass is 16.5. The second-order valence-corrected chi connectivity index (χ2v) is 12.2. The van der Waals surface area contributed by atoms with Crippen LogP contribution in [0.3, 0.4) is 0 Å². The third-order valence-corrected chi connectivity index (χ3v) is 8.22. The fraction of sp³-hybridized carbons (Fsp3) is 0.667. The zero-order valence-corrected chi connectivity index (χ0v) is 26.0. The summed E-state index contributed by atoms with van der Waals surface area (Å²) in [5.41, 5.74) is 0.912. The van der Waals surface area contributed by atoms with Crippen molar-refractivity contribution in [3.8, 4) is 0 Å². The molecule has 0 unspecified atom stereocenters. The van der Waals surface area contributed by atoms with Gasteiger partial charge in [0.05, 0.1) is 31.8 Å². The molecule has 1 aromatic carbocycles. The van der Waals surface area contributed by atoms with Crippen molar-refractivity contribution in [1.82, 2.24) is 15.5 Å². The van der Waals surface area contributed by atoms with Crippen LogP contribution < -0.4 is 10.6 Å². The normalized spacial score (nSPS) is 17.9. The molecule has 1 saturated heterocycles. The van der Waals surface area contributed by atoms with Gasteiger partial charge in [0, 0.05) is 19.5 Å². The lowest BCUT2D eigenvalue weighted by molar-refractivity contribution is -0.155. The smallest absolute Gasteiger partial charge is 0.376 e. The number of ether oxygens (including phenoxy) is 2. The molecular formula is C33H49N3O7. The van der Waals surface area contributed by atoms with E-state index in [0.29, 0.717) is 45.6 Å². The predicted molar refractivity (Wildman–Crippen MR) is 162 cm³/mol. The number of morpholine rings is 1. The van der Waals surface area contributed by atoms with E-state index in [4.69, 9.17) is 9.47 Å². The quantitative estimate of drug-likeness (QED) is 0.234. The van der Waals surface area contributed by atoms with Gasteiger partial charge in [0.1, 0.15) is 6.04 Å². The molecule has 0 spiro atoms. The maximum Gasteiger partial charge on any atom is 0.376 e. The van der Waals surface area contributed by atoms with Crippen molar-refractivity contribution in [2.75, 3.05) is 32.9 Å². The third-order valence-electron chi connectivity index (χ3n) is 8.22. The number of Topliss-reactive ketones (excluding diaryl/α,β-unsaturated/α-hetero) is 1. The summed E-state index contributed by atoms with van der Waals surface area (Å²) in [5.74, 6) is -3.19. The SMILES string of the molecule is CCOC(=O)C(=O)[C@H](CC1CCCCC1)NC(=O)[C@H](CC(C)C)NC(=O)[C@@H](CC(=O)N1CCOCC1)Cc1ccccc1. The Labute approximate surface area is 255 Å². The molecule has 10 nitrogen and oxygen atoms in total. The first kappa shape index (κ1) is 34.2. The van der Waals surface area contributed by atoms with E-state index in [1.807, 2.05) is 44.2 Å². The van der Waals surface area contributed by atoms with Crippen LogP contribution in [0.15, 0.2) is 30.3 Å². The number of nitrogens with zero attached hydrogens (tertiary/aromatic N) is 1. The van der Waals surface area contributed by atoms with E-state index in [-0.39, 0.29) is 30.8 Å². The first-order valence-electron chi connectivity index (χ1n) is 15.9. The minimum Gasteiger partial charge on any atom is -0.460 e. The molecule has 2 N–H and O–H groups in total. The van der Waals surface area contributed by atoms with E-state index in [1.54, 1.807) is 11.8 Å². The Kier molecular flexibility index (Phi) is 14.1. The molecule has 0 bridgehead atoms. The van der Waals surface area contributed by atoms with Crippen LogP contribution in [0.4, 0.5) is 0 Å². The number of amides is 3. The van der Waals surface area contributed by atoms with Crippen molar-refractivity contribution in [3.05, 3.63) is 35.9 Å². The molecule has 3 amide bonds. The number of carbonyl (C=O) groups is 5. The van der Waals surface area contributed by atoms with Crippen molar-refractivity contribution < 1.29 is 33.4 Å². The Morgan fingerprint density at radius 1 is 0.930 bits per heavy atom. The molecule has 3 rings (SSSR count). The summed E-state index contributed by atoms with van der Waals surface area (Å²) in [7, 11) is 0. The Bertz CT molecular complexity index is 1070. The van der Waals surface area contributed by atoms with Crippen LogP contribution >= 0.6 is 0 Å². The fourth-order valence-corrected chi connectivity index (χ4v) is 5.91. The summed E-state index contributed by atoms with van der Waals surface area (Å²) in [6.07, 6.45) is 6.15. The highest BCUT2D eigenvalue weighted by molar-refractivity contribution is 6.36. The first-order valence-corrected chi connectivity index (χ1v) is 15.9. The Morgan fingerprint density at radius 2 is 1.58 bits per heavy atom. The number of carbonyl (C=O) groups excluding carboxylic acids is 5. The minimum atomic E-state index is -1.02. The number of nitrogens with one attached hydrogen (secondary N) is 2. The predicted octanol–water partition coefficient (Wildman–Crippen LogP) is 3.21. The van der Waals surface area contributed by atoms with E-state index >= 15 is 0 Å². The summed E-state index contributed by atoms with van der Waals surface area (Å²) in [6, 6.07) is 7.52. The van der Waals surface area contributed by atoms with E-state index in [1.165, 1.54) is 0 Å². The molecule has 2 aliphatic rings. The number of benzene rings is 1. The number of hydrogen-bond donors (Lipinski definition) is 2. The summed E-state index contributed by atoms with van der Waals surface area (Å²) >= 11 is 0. The van der Waals surface area contributed by atoms with Crippen LogP contribution in [0.25, 0.3) is 0 Å². The maximum absolute atomic E-state index is 13.8. The average Bonchev–Trinajstić information content (AvgIpc) is 3.01. The van der Waals surface area contributed by atoms with E-state index in [2.05, 4.69) is 10.6 Å². The van der Waals surface area contributed by atoms with E-state index in [9.17, 15) is 24.0 Å². The molecule has 238 valence electrons. The molecule has 2 fully saturated rings. The summed E-state index contributed by atoms with van der Waals surface area (Å²) in [6.45, 7) is 7.46. The van der Waals surface area contributed by atoms with Crippen LogP contribution in [0.1, 0.15) is 77.7 Å². The second-order valence-electron chi connectivity index (χ2n) is 12.2. The molecule has 1 aliphatic carbocycles. The molecule has 0 aromatic heterocycles. The van der Waals surface area contributed by atoms with Crippen LogP contribution in [-0.4, -0.2) is 79.4 Å². The van der Waals surface area contributed by atoms with Gasteiger partial charge in [-0.3, -0.25) is 19.2 Å². The molecule has 43 heavy (non-hydrogen) atoms. The fourth-order valence-electron chi connectivity index (χ4n) is 5.91. The zero-order chi connectivity index (χ0) is 31.2. The van der Waals surface area contributed by atoms with Crippen molar-refractivity contribution in [2.24, 2.45) is 17.8 Å². The number of hydrogen-bond acceptors (Lipinski definition) is 7. The molecule has 1 aromatic rings. The van der Waals surface area contributed by atoms with Crippen LogP contribution in [-0.2, 0) is 39.9 Å². The van der Waals surface area contributed by atoms with Gasteiger partial charge < -0.3 is 25.0 Å². The van der Waals surface area contributed by atoms with Crippen molar-refractivity contribution in [2.45, 2.75) is 90.6 Å². The molecule has 1 saturated carbocycles. The monoisotopic (exact) mass is 599 g/mol. The molecule has 10 heteroatoms. The topological polar surface area (TPSA) is 131 Å². The summed E-state index contributed by atoms with van der Waals surface area (Å²) in [5, 5.41) is 5.71. The van der Waals surface area contributed by atoms with Gasteiger partial charge in [-0.05, 0) is 43.6 Å². The lowest BCUT2D eigenvalue weighted by Crippen LogP contribution is -2.54. The van der Waals surface area contributed by atoms with Gasteiger partial charge in [0.25, 0.3) is 5.78 Å². The Morgan fingerprint density at radius 3 is 2.21 bits per heavy atom. The summed E-state index contributed by atoms with van der Waals surface area (Å²) < 4.78 is 10.3. The first-order chi connectivity index (χ1) is 20.7. The van der Waals surface area contributed by atoms with Crippen molar-refractivity contribution in [3.63, 3.8) is 0 Å². The van der Waals surface area contributed by atoms with E-state index in [0.717, 1.165) is 37.7 Å². The Balaban J connectivity index is 1.77. The molecule has 1 heterocycles. The minimum absolute atomic E-state index is 0.00238. The second kappa shape index (κ2) is 17.8. The van der Waals surface area contributed by atoms with Gasteiger partial charge in [-0.1, -0.05) is 76.3 Å². The van der Waals surface area contributed by atoms with Gasteiger partial charge in [-0.2, -0.15) is 0 Å². The van der Waals surface area contributed by atoms with Crippen molar-refractivity contribution >= 4 is 29.5 Å². The standard InChI is InChI=1S/C33H49N3O7/c1-4-43-33(41)30(38)27(21-25-13-9-6-10-14-25)34-32(40)28(19-23(2)3)35-31(39)26(20-24-11-7-5-8-12-24)22-29(37)36-15-17-42-18-16-36/h5,7-8,11-12,23,25-28H,4,6,9-10,13-22H2,1-3H3,(H,34,40)(H,35,39)/t26-,27+,28+/m1/s1. The van der Waals surface area contributed by atoms with Gasteiger partial charge >= 0.3 is 5.97 Å². The van der Waals surface area contributed by atoms with Crippen LogP contribution in [0.5, 0.6) is 0 Å².